The van der Waals surface area contributed by atoms with E-state index in [0.717, 1.165) is 38.5 Å². The van der Waals surface area contributed by atoms with Crippen molar-refractivity contribution >= 4 is 5.91 Å². The summed E-state index contributed by atoms with van der Waals surface area (Å²) in [5.74, 6) is -0.576. The van der Waals surface area contributed by atoms with E-state index in [9.17, 15) is 25.2 Å². The first-order valence-electron chi connectivity index (χ1n) is 27.4. The predicted molar refractivity (Wildman–Crippen MR) is 261 cm³/mol. The highest BCUT2D eigenvalue weighted by molar-refractivity contribution is 5.80. The van der Waals surface area contributed by atoms with Crippen LogP contribution >= 0.6 is 0 Å². The molecule has 0 radical (unpaired) electrons. The van der Waals surface area contributed by atoms with Crippen molar-refractivity contribution < 1.29 is 25.2 Å². The van der Waals surface area contributed by atoms with Crippen LogP contribution in [0.3, 0.4) is 0 Å². The highest BCUT2D eigenvalue weighted by Gasteiger charge is 2.28. The molecule has 0 aliphatic rings. The summed E-state index contributed by atoms with van der Waals surface area (Å²) in [5, 5.41) is 44.0. The van der Waals surface area contributed by atoms with Crippen molar-refractivity contribution in [2.75, 3.05) is 6.61 Å². The molecule has 0 aromatic carbocycles. The number of rotatable bonds is 51. The molecule has 0 saturated heterocycles. The number of aliphatic hydroxyl groups is 4. The van der Waals surface area contributed by atoms with Crippen molar-refractivity contribution in [3.63, 3.8) is 0 Å². The second kappa shape index (κ2) is 49.3. The molecule has 60 heavy (non-hydrogen) atoms. The van der Waals surface area contributed by atoms with Crippen LogP contribution in [0.5, 0.6) is 0 Å². The van der Waals surface area contributed by atoms with Gasteiger partial charge in [0.25, 0.3) is 0 Å². The number of amides is 1. The van der Waals surface area contributed by atoms with Crippen molar-refractivity contribution in [1.82, 2.24) is 5.32 Å². The third-order valence-corrected chi connectivity index (χ3v) is 13.3. The summed E-state index contributed by atoms with van der Waals surface area (Å²) in [4.78, 5) is 12.6. The predicted octanol–water partition coefficient (Wildman–Crippen LogP) is 15.5. The molecule has 360 valence electrons. The Morgan fingerprint density at radius 2 is 0.567 bits per heavy atom. The van der Waals surface area contributed by atoms with E-state index in [1.807, 2.05) is 0 Å². The van der Waals surface area contributed by atoms with Crippen molar-refractivity contribution in [3.8, 4) is 0 Å². The lowest BCUT2D eigenvalue weighted by Gasteiger charge is -2.27. The summed E-state index contributed by atoms with van der Waals surface area (Å²) in [7, 11) is 0. The van der Waals surface area contributed by atoms with Gasteiger partial charge in [0.2, 0.25) is 5.91 Å². The molecule has 0 aliphatic carbocycles. The smallest absolute Gasteiger partial charge is 0.249 e. The molecule has 0 spiro atoms. The van der Waals surface area contributed by atoms with Gasteiger partial charge >= 0.3 is 0 Å². The average Bonchev–Trinajstić information content (AvgIpc) is 3.25. The van der Waals surface area contributed by atoms with Gasteiger partial charge in [0.15, 0.2) is 0 Å². The Morgan fingerprint density at radius 3 is 0.800 bits per heavy atom. The van der Waals surface area contributed by atoms with Crippen LogP contribution in [0.25, 0.3) is 0 Å². The SMILES string of the molecule is CCCCCCCCCCCCCCCCCCCCCCCCC[C@@H](O)[C@@H](O)[C@H](CO)NC(=O)[C@H](O)CCCCCCCCCCCCCCCCCCCCCCC. The van der Waals surface area contributed by atoms with Crippen LogP contribution in [0.2, 0.25) is 0 Å². The monoisotopic (exact) mass is 852 g/mol. The molecule has 0 aromatic rings. The number of unbranched alkanes of at least 4 members (excludes halogenated alkanes) is 42. The minimum atomic E-state index is -1.25. The van der Waals surface area contributed by atoms with Gasteiger partial charge in [-0.1, -0.05) is 296 Å². The maximum absolute atomic E-state index is 12.6. The molecule has 0 aliphatic heterocycles. The zero-order valence-electron chi connectivity index (χ0n) is 40.7. The van der Waals surface area contributed by atoms with Crippen molar-refractivity contribution in [2.45, 2.75) is 334 Å². The van der Waals surface area contributed by atoms with Gasteiger partial charge in [0.05, 0.1) is 18.8 Å². The third-order valence-electron chi connectivity index (χ3n) is 13.3. The van der Waals surface area contributed by atoms with Crippen LogP contribution in [0.15, 0.2) is 0 Å². The van der Waals surface area contributed by atoms with Crippen LogP contribution in [0.4, 0.5) is 0 Å². The van der Waals surface area contributed by atoms with Gasteiger partial charge < -0.3 is 25.7 Å². The molecule has 0 bridgehead atoms. The standard InChI is InChI=1S/C54H109NO5/c1-3-5-7-9-11-13-15-17-19-21-23-25-26-28-29-31-33-35-37-39-41-43-45-47-51(57)53(59)50(49-56)55-54(60)52(58)48-46-44-42-40-38-36-34-32-30-27-24-22-20-18-16-14-12-10-8-6-4-2/h50-53,56-59H,3-49H2,1-2H3,(H,55,60)/t50-,51+,52+,53-/m0/s1. The molecule has 0 fully saturated rings. The van der Waals surface area contributed by atoms with E-state index < -0.39 is 36.9 Å². The fourth-order valence-corrected chi connectivity index (χ4v) is 9.00. The Hall–Kier alpha value is -0.690. The van der Waals surface area contributed by atoms with Gasteiger partial charge in [0.1, 0.15) is 12.2 Å². The van der Waals surface area contributed by atoms with Crippen LogP contribution in [-0.2, 0) is 4.79 Å². The van der Waals surface area contributed by atoms with Gasteiger partial charge in [-0.3, -0.25) is 4.79 Å². The Labute approximate surface area is 375 Å². The summed E-state index contributed by atoms with van der Waals surface area (Å²) in [5.41, 5.74) is 0. The maximum Gasteiger partial charge on any atom is 0.249 e. The minimum absolute atomic E-state index is 0.376. The lowest BCUT2D eigenvalue weighted by Crippen LogP contribution is -2.53. The van der Waals surface area contributed by atoms with E-state index in [1.165, 1.54) is 244 Å². The molecule has 6 nitrogen and oxygen atoms in total. The minimum Gasteiger partial charge on any atom is -0.394 e. The number of hydrogen-bond acceptors (Lipinski definition) is 5. The first-order chi connectivity index (χ1) is 29.5. The average molecular weight is 852 g/mol. The lowest BCUT2D eigenvalue weighted by atomic mass is 9.99. The second-order valence-electron chi connectivity index (χ2n) is 19.3. The van der Waals surface area contributed by atoms with E-state index >= 15 is 0 Å². The molecule has 1 amide bonds. The van der Waals surface area contributed by atoms with Crippen LogP contribution in [-0.4, -0.2) is 57.3 Å². The molecule has 0 heterocycles. The Kier molecular flexibility index (Phi) is 48.8. The first kappa shape index (κ1) is 59.3. The van der Waals surface area contributed by atoms with Crippen LogP contribution in [0.1, 0.15) is 309 Å². The number of carbonyl (C=O) groups excluding carboxylic acids is 1. The van der Waals surface area contributed by atoms with E-state index in [0.29, 0.717) is 12.8 Å². The van der Waals surface area contributed by atoms with Crippen LogP contribution in [0, 0.1) is 0 Å². The van der Waals surface area contributed by atoms with E-state index in [4.69, 9.17) is 0 Å². The van der Waals surface area contributed by atoms with Gasteiger partial charge in [-0.2, -0.15) is 0 Å². The normalized spacial score (nSPS) is 13.8. The lowest BCUT2D eigenvalue weighted by molar-refractivity contribution is -0.132. The van der Waals surface area contributed by atoms with Gasteiger partial charge in [-0.15, -0.1) is 0 Å². The highest BCUT2D eigenvalue weighted by atomic mass is 16.3. The molecule has 0 unspecified atom stereocenters. The third kappa shape index (κ3) is 42.6. The number of hydrogen-bond donors (Lipinski definition) is 5. The number of aliphatic hydroxyl groups excluding tert-OH is 4. The topological polar surface area (TPSA) is 110 Å². The summed E-state index contributed by atoms with van der Waals surface area (Å²) in [6.45, 7) is 4.10. The Morgan fingerprint density at radius 1 is 0.350 bits per heavy atom. The van der Waals surface area contributed by atoms with Crippen molar-refractivity contribution in [1.29, 1.82) is 0 Å². The van der Waals surface area contributed by atoms with Crippen molar-refractivity contribution in [2.24, 2.45) is 0 Å². The van der Waals surface area contributed by atoms with Crippen molar-refractivity contribution in [3.05, 3.63) is 0 Å². The molecular weight excluding hydrogens is 743 g/mol. The quantitative estimate of drug-likeness (QED) is 0.0392. The largest absolute Gasteiger partial charge is 0.394 e. The summed E-state index contributed by atoms with van der Waals surface area (Å²) < 4.78 is 0. The summed E-state index contributed by atoms with van der Waals surface area (Å²) >= 11 is 0. The molecule has 6 heteroatoms. The van der Waals surface area contributed by atoms with Crippen LogP contribution < -0.4 is 5.32 Å². The van der Waals surface area contributed by atoms with Gasteiger partial charge in [-0.25, -0.2) is 0 Å². The molecule has 0 rings (SSSR count). The Bertz CT molecular complexity index is 826. The van der Waals surface area contributed by atoms with E-state index in [1.54, 1.807) is 0 Å². The summed E-state index contributed by atoms with van der Waals surface area (Å²) in [6, 6.07) is -0.980. The first-order valence-corrected chi connectivity index (χ1v) is 27.4. The number of nitrogens with one attached hydrogen (secondary N) is 1. The molecule has 5 N–H and O–H groups in total. The maximum atomic E-state index is 12.6. The van der Waals surface area contributed by atoms with E-state index in [-0.39, 0.29) is 0 Å². The molecule has 4 atom stereocenters. The van der Waals surface area contributed by atoms with Gasteiger partial charge in [-0.05, 0) is 12.8 Å². The van der Waals surface area contributed by atoms with Gasteiger partial charge in [0, 0.05) is 0 Å². The molecule has 0 saturated carbocycles. The molecular formula is C54H109NO5. The zero-order valence-corrected chi connectivity index (χ0v) is 40.7. The number of carbonyl (C=O) groups is 1. The second-order valence-corrected chi connectivity index (χ2v) is 19.3. The van der Waals surface area contributed by atoms with E-state index in [2.05, 4.69) is 19.2 Å². The fourth-order valence-electron chi connectivity index (χ4n) is 9.00. The fraction of sp³-hybridized carbons (Fsp3) is 0.981. The zero-order chi connectivity index (χ0) is 43.8. The Balaban J connectivity index is 3.60. The highest BCUT2D eigenvalue weighted by Crippen LogP contribution is 2.19. The summed E-state index contributed by atoms with van der Waals surface area (Å²) in [6.07, 6.45) is 55.9. The molecule has 0 aromatic heterocycles.